The van der Waals surface area contributed by atoms with Crippen molar-refractivity contribution < 1.29 is 9.90 Å². The Labute approximate surface area is 136 Å². The zero-order chi connectivity index (χ0) is 16.9. The van der Waals surface area contributed by atoms with Crippen LogP contribution < -0.4 is 15.5 Å². The Hall–Kier alpha value is -2.53. The number of urea groups is 1. The summed E-state index contributed by atoms with van der Waals surface area (Å²) in [5.41, 5.74) is 1.40. The van der Waals surface area contributed by atoms with Crippen LogP contribution in [0.3, 0.4) is 0 Å². The van der Waals surface area contributed by atoms with Gasteiger partial charge in [-0.25, -0.2) is 4.79 Å². The summed E-state index contributed by atoms with van der Waals surface area (Å²) in [4.78, 5) is 14.0. The SMILES string of the molecule is CN(C)c1ccc(NC(=O)NCC(C)(O)c2ccccc2)cc1. The zero-order valence-electron chi connectivity index (χ0n) is 13.7. The fourth-order valence-electron chi connectivity index (χ4n) is 2.17. The molecule has 0 aliphatic rings. The molecule has 2 aromatic carbocycles. The minimum absolute atomic E-state index is 0.124. The average molecular weight is 313 g/mol. The van der Waals surface area contributed by atoms with Crippen molar-refractivity contribution in [2.75, 3.05) is 30.9 Å². The standard InChI is InChI=1S/C18H23N3O2/c1-18(23,14-7-5-4-6-8-14)13-19-17(22)20-15-9-11-16(12-10-15)21(2)3/h4-12,23H,13H2,1-3H3,(H2,19,20,22). The maximum absolute atomic E-state index is 12.0. The molecule has 0 aliphatic carbocycles. The summed E-state index contributed by atoms with van der Waals surface area (Å²) in [6.45, 7) is 1.80. The fraction of sp³-hybridized carbons (Fsp3) is 0.278. The van der Waals surface area contributed by atoms with E-state index in [2.05, 4.69) is 10.6 Å². The first kappa shape index (κ1) is 16.8. The van der Waals surface area contributed by atoms with Crippen LogP contribution in [0.1, 0.15) is 12.5 Å². The van der Waals surface area contributed by atoms with Crippen molar-refractivity contribution in [3.05, 3.63) is 60.2 Å². The van der Waals surface area contributed by atoms with Crippen LogP contribution in [0.5, 0.6) is 0 Å². The summed E-state index contributed by atoms with van der Waals surface area (Å²) in [6.07, 6.45) is 0. The van der Waals surface area contributed by atoms with Crippen molar-refractivity contribution in [3.63, 3.8) is 0 Å². The molecule has 0 fully saturated rings. The number of anilines is 2. The Morgan fingerprint density at radius 1 is 1.09 bits per heavy atom. The van der Waals surface area contributed by atoms with Gasteiger partial charge in [-0.3, -0.25) is 0 Å². The van der Waals surface area contributed by atoms with E-state index in [1.165, 1.54) is 0 Å². The van der Waals surface area contributed by atoms with Gasteiger partial charge in [-0.05, 0) is 36.8 Å². The molecule has 3 N–H and O–H groups in total. The monoisotopic (exact) mass is 313 g/mol. The third-order valence-electron chi connectivity index (χ3n) is 3.63. The van der Waals surface area contributed by atoms with Crippen LogP contribution in [0.2, 0.25) is 0 Å². The highest BCUT2D eigenvalue weighted by molar-refractivity contribution is 5.89. The average Bonchev–Trinajstić information content (AvgIpc) is 2.54. The lowest BCUT2D eigenvalue weighted by Crippen LogP contribution is -2.40. The normalized spacial score (nSPS) is 13.0. The van der Waals surface area contributed by atoms with E-state index in [1.807, 2.05) is 73.6 Å². The number of carbonyl (C=O) groups excluding carboxylic acids is 1. The summed E-state index contributed by atoms with van der Waals surface area (Å²) in [5.74, 6) is 0. The molecular formula is C18H23N3O2. The van der Waals surface area contributed by atoms with E-state index < -0.39 is 5.60 Å². The van der Waals surface area contributed by atoms with Crippen LogP contribution in [0.25, 0.3) is 0 Å². The lowest BCUT2D eigenvalue weighted by atomic mass is 9.96. The predicted octanol–water partition coefficient (Wildman–Crippen LogP) is 2.78. The molecule has 1 unspecified atom stereocenters. The molecule has 0 aromatic heterocycles. The van der Waals surface area contributed by atoms with E-state index >= 15 is 0 Å². The Kier molecular flexibility index (Phi) is 5.24. The van der Waals surface area contributed by atoms with Crippen LogP contribution in [-0.4, -0.2) is 31.8 Å². The maximum Gasteiger partial charge on any atom is 0.319 e. The van der Waals surface area contributed by atoms with Crippen LogP contribution in [-0.2, 0) is 5.60 Å². The van der Waals surface area contributed by atoms with Crippen molar-refractivity contribution in [1.82, 2.24) is 5.32 Å². The lowest BCUT2D eigenvalue weighted by Gasteiger charge is -2.24. The number of rotatable bonds is 5. The van der Waals surface area contributed by atoms with Gasteiger partial charge in [-0.2, -0.15) is 0 Å². The highest BCUT2D eigenvalue weighted by atomic mass is 16.3. The largest absolute Gasteiger partial charge is 0.384 e. The van der Waals surface area contributed by atoms with Crippen molar-refractivity contribution in [2.45, 2.75) is 12.5 Å². The number of nitrogens with one attached hydrogen (secondary N) is 2. The highest BCUT2D eigenvalue weighted by Crippen LogP contribution is 2.19. The second-order valence-electron chi connectivity index (χ2n) is 5.89. The van der Waals surface area contributed by atoms with E-state index in [0.717, 1.165) is 11.3 Å². The number of amides is 2. The Bertz CT molecular complexity index is 637. The van der Waals surface area contributed by atoms with E-state index in [9.17, 15) is 9.90 Å². The van der Waals surface area contributed by atoms with Crippen molar-refractivity contribution in [2.24, 2.45) is 0 Å². The van der Waals surface area contributed by atoms with Gasteiger partial charge >= 0.3 is 6.03 Å². The fourth-order valence-corrected chi connectivity index (χ4v) is 2.17. The number of aliphatic hydroxyl groups is 1. The Balaban J connectivity index is 1.90. The van der Waals surface area contributed by atoms with E-state index in [-0.39, 0.29) is 12.6 Å². The first-order valence-electron chi connectivity index (χ1n) is 7.48. The smallest absolute Gasteiger partial charge is 0.319 e. The van der Waals surface area contributed by atoms with Gasteiger partial charge < -0.3 is 20.6 Å². The molecule has 2 aromatic rings. The summed E-state index contributed by atoms with van der Waals surface area (Å²) in [6, 6.07) is 16.4. The summed E-state index contributed by atoms with van der Waals surface area (Å²) >= 11 is 0. The number of carbonyl (C=O) groups is 1. The van der Waals surface area contributed by atoms with Gasteiger partial charge in [0.05, 0.1) is 6.54 Å². The molecular weight excluding hydrogens is 290 g/mol. The first-order valence-corrected chi connectivity index (χ1v) is 7.48. The quantitative estimate of drug-likeness (QED) is 0.795. The van der Waals surface area contributed by atoms with E-state index in [1.54, 1.807) is 6.92 Å². The van der Waals surface area contributed by atoms with Crippen LogP contribution in [0, 0.1) is 0 Å². The van der Waals surface area contributed by atoms with Crippen molar-refractivity contribution in [3.8, 4) is 0 Å². The van der Waals surface area contributed by atoms with Gasteiger partial charge in [0, 0.05) is 25.5 Å². The predicted molar refractivity (Wildman–Crippen MR) is 93.8 cm³/mol. The number of hydrogen-bond donors (Lipinski definition) is 3. The third-order valence-corrected chi connectivity index (χ3v) is 3.63. The molecule has 2 amide bonds. The molecule has 0 saturated carbocycles. The second-order valence-corrected chi connectivity index (χ2v) is 5.89. The van der Waals surface area contributed by atoms with Gasteiger partial charge in [0.15, 0.2) is 0 Å². The van der Waals surface area contributed by atoms with E-state index in [4.69, 9.17) is 0 Å². The summed E-state index contributed by atoms with van der Waals surface area (Å²) in [7, 11) is 3.92. The molecule has 5 nitrogen and oxygen atoms in total. The Morgan fingerprint density at radius 3 is 2.26 bits per heavy atom. The number of hydrogen-bond acceptors (Lipinski definition) is 3. The third kappa shape index (κ3) is 4.72. The summed E-state index contributed by atoms with van der Waals surface area (Å²) in [5, 5.41) is 15.9. The highest BCUT2D eigenvalue weighted by Gasteiger charge is 2.23. The molecule has 5 heteroatoms. The molecule has 0 radical (unpaired) electrons. The van der Waals surface area contributed by atoms with E-state index in [0.29, 0.717) is 5.69 Å². The van der Waals surface area contributed by atoms with Gasteiger partial charge in [0.2, 0.25) is 0 Å². The second kappa shape index (κ2) is 7.15. The molecule has 0 spiro atoms. The minimum Gasteiger partial charge on any atom is -0.384 e. The van der Waals surface area contributed by atoms with Gasteiger partial charge in [-0.15, -0.1) is 0 Å². The molecule has 0 heterocycles. The molecule has 0 aliphatic heterocycles. The minimum atomic E-state index is -1.12. The Morgan fingerprint density at radius 2 is 1.70 bits per heavy atom. The molecule has 0 bridgehead atoms. The van der Waals surface area contributed by atoms with Crippen LogP contribution in [0.15, 0.2) is 54.6 Å². The van der Waals surface area contributed by atoms with Crippen molar-refractivity contribution >= 4 is 17.4 Å². The summed E-state index contributed by atoms with van der Waals surface area (Å²) < 4.78 is 0. The topological polar surface area (TPSA) is 64.6 Å². The molecule has 2 rings (SSSR count). The first-order chi connectivity index (χ1) is 10.9. The van der Waals surface area contributed by atoms with Crippen molar-refractivity contribution in [1.29, 1.82) is 0 Å². The molecule has 0 saturated heterocycles. The van der Waals surface area contributed by atoms with Crippen LogP contribution in [0.4, 0.5) is 16.2 Å². The molecule has 122 valence electrons. The molecule has 1 atom stereocenters. The van der Waals surface area contributed by atoms with Gasteiger partial charge in [-0.1, -0.05) is 30.3 Å². The maximum atomic E-state index is 12.0. The van der Waals surface area contributed by atoms with Gasteiger partial charge in [0.25, 0.3) is 0 Å². The number of nitrogens with zero attached hydrogens (tertiary/aromatic N) is 1. The molecule has 23 heavy (non-hydrogen) atoms. The van der Waals surface area contributed by atoms with Gasteiger partial charge in [0.1, 0.15) is 5.60 Å². The zero-order valence-corrected chi connectivity index (χ0v) is 13.7. The lowest BCUT2D eigenvalue weighted by molar-refractivity contribution is 0.0599. The van der Waals surface area contributed by atoms with Crippen LogP contribution >= 0.6 is 0 Å². The number of benzene rings is 2.